The summed E-state index contributed by atoms with van der Waals surface area (Å²) in [4.78, 5) is 12.0. The fraction of sp³-hybridized carbons (Fsp3) is 0.278. The van der Waals surface area contributed by atoms with Crippen LogP contribution in [-0.4, -0.2) is 28.5 Å². The quantitative estimate of drug-likeness (QED) is 0.838. The van der Waals surface area contributed by atoms with E-state index < -0.39 is 26.0 Å². The molecule has 27 heavy (non-hydrogen) atoms. The molecule has 1 amide bonds. The van der Waals surface area contributed by atoms with E-state index in [9.17, 15) is 21.6 Å². The Hall–Kier alpha value is -2.39. The van der Waals surface area contributed by atoms with Crippen LogP contribution in [0.5, 0.6) is 0 Å². The van der Waals surface area contributed by atoms with E-state index in [1.54, 1.807) is 38.1 Å². The number of anilines is 2. The molecule has 1 fully saturated rings. The third-order valence-corrected chi connectivity index (χ3v) is 7.71. The van der Waals surface area contributed by atoms with E-state index in [1.807, 2.05) is 6.92 Å². The van der Waals surface area contributed by atoms with Crippen LogP contribution in [0.4, 0.5) is 11.4 Å². The van der Waals surface area contributed by atoms with Crippen LogP contribution >= 0.6 is 0 Å². The van der Waals surface area contributed by atoms with Crippen molar-refractivity contribution in [3.63, 3.8) is 0 Å². The Morgan fingerprint density at radius 3 is 2.04 bits per heavy atom. The molecular formula is C18H20N2O5S2. The van der Waals surface area contributed by atoms with Crippen molar-refractivity contribution in [3.8, 4) is 0 Å². The molecule has 7 nitrogen and oxygen atoms in total. The van der Waals surface area contributed by atoms with Crippen molar-refractivity contribution >= 4 is 37.3 Å². The van der Waals surface area contributed by atoms with Gasteiger partial charge in [-0.05, 0) is 56.2 Å². The molecular weight excluding hydrogens is 388 g/mol. The number of hydrogen-bond donors (Lipinski definition) is 1. The molecule has 3 rings (SSSR count). The van der Waals surface area contributed by atoms with Gasteiger partial charge in [0.05, 0.1) is 16.3 Å². The van der Waals surface area contributed by atoms with Crippen LogP contribution in [-0.2, 0) is 24.8 Å². The molecule has 1 heterocycles. The number of benzene rings is 2. The van der Waals surface area contributed by atoms with Crippen molar-refractivity contribution in [2.45, 2.75) is 32.1 Å². The lowest BCUT2D eigenvalue weighted by molar-refractivity contribution is -0.116. The molecule has 1 saturated heterocycles. The van der Waals surface area contributed by atoms with E-state index in [2.05, 4.69) is 4.72 Å². The molecule has 0 unspecified atom stereocenters. The standard InChI is InChI=1S/C18H20N2O5S2/c1-12-4-6-15(7-5-12)19-27(24,25)18-13(2)10-16(11-14(18)3)20-17(21)8-9-26(20,22)23/h4-7,10-11,19H,8-9H2,1-3H3. The van der Waals surface area contributed by atoms with E-state index in [0.29, 0.717) is 16.8 Å². The van der Waals surface area contributed by atoms with Crippen LogP contribution in [0.15, 0.2) is 41.3 Å². The van der Waals surface area contributed by atoms with Crippen LogP contribution < -0.4 is 9.03 Å². The number of sulfonamides is 2. The summed E-state index contributed by atoms with van der Waals surface area (Å²) in [6, 6.07) is 9.76. The first kappa shape index (κ1) is 19.4. The number of hydrogen-bond acceptors (Lipinski definition) is 5. The molecule has 0 saturated carbocycles. The normalized spacial score (nSPS) is 16.6. The van der Waals surface area contributed by atoms with E-state index in [0.717, 1.165) is 9.87 Å². The van der Waals surface area contributed by atoms with Crippen molar-refractivity contribution in [1.82, 2.24) is 0 Å². The summed E-state index contributed by atoms with van der Waals surface area (Å²) in [5, 5.41) is 0. The molecule has 1 aliphatic rings. The highest BCUT2D eigenvalue weighted by molar-refractivity contribution is 7.94. The second kappa shape index (κ2) is 6.65. The first-order chi connectivity index (χ1) is 12.5. The van der Waals surface area contributed by atoms with Crippen LogP contribution in [0.25, 0.3) is 0 Å². The van der Waals surface area contributed by atoms with Crippen molar-refractivity contribution in [1.29, 1.82) is 0 Å². The Kier molecular flexibility index (Phi) is 4.77. The summed E-state index contributed by atoms with van der Waals surface area (Å²) in [5.41, 5.74) is 2.33. The van der Waals surface area contributed by atoms with Crippen LogP contribution in [0.1, 0.15) is 23.1 Å². The van der Waals surface area contributed by atoms with Gasteiger partial charge in [-0.15, -0.1) is 0 Å². The third-order valence-electron chi connectivity index (χ3n) is 4.33. The SMILES string of the molecule is Cc1ccc(NS(=O)(=O)c2c(C)cc(N3C(=O)CCS3(=O)=O)cc2C)cc1. The molecule has 1 N–H and O–H groups in total. The van der Waals surface area contributed by atoms with Gasteiger partial charge in [0.1, 0.15) is 0 Å². The number of rotatable bonds is 4. The molecule has 9 heteroatoms. The maximum atomic E-state index is 12.8. The van der Waals surface area contributed by atoms with Gasteiger partial charge >= 0.3 is 0 Å². The minimum absolute atomic E-state index is 0.0656. The summed E-state index contributed by atoms with van der Waals surface area (Å²) < 4.78 is 53.2. The second-order valence-electron chi connectivity index (χ2n) is 6.60. The van der Waals surface area contributed by atoms with Crippen molar-refractivity contribution in [3.05, 3.63) is 53.1 Å². The Balaban J connectivity index is 2.02. The number of carbonyl (C=O) groups excluding carboxylic acids is 1. The fourth-order valence-electron chi connectivity index (χ4n) is 3.17. The highest BCUT2D eigenvalue weighted by Gasteiger charge is 2.37. The van der Waals surface area contributed by atoms with Gasteiger partial charge in [-0.25, -0.2) is 21.1 Å². The van der Waals surface area contributed by atoms with Gasteiger partial charge in [-0.2, -0.15) is 0 Å². The third kappa shape index (κ3) is 3.70. The number of nitrogens with zero attached hydrogens (tertiary/aromatic N) is 1. The summed E-state index contributed by atoms with van der Waals surface area (Å²) >= 11 is 0. The maximum Gasteiger partial charge on any atom is 0.262 e. The molecule has 0 aliphatic carbocycles. The average Bonchev–Trinajstić information content (AvgIpc) is 2.81. The first-order valence-corrected chi connectivity index (χ1v) is 11.4. The smallest absolute Gasteiger partial charge is 0.262 e. The van der Waals surface area contributed by atoms with Gasteiger partial charge in [0.2, 0.25) is 15.9 Å². The lowest BCUT2D eigenvalue weighted by atomic mass is 10.1. The van der Waals surface area contributed by atoms with Gasteiger partial charge in [-0.1, -0.05) is 17.7 Å². The summed E-state index contributed by atoms with van der Waals surface area (Å²) in [6.45, 7) is 5.06. The maximum absolute atomic E-state index is 12.8. The van der Waals surface area contributed by atoms with Crippen molar-refractivity contribution in [2.24, 2.45) is 0 Å². The number of carbonyl (C=O) groups is 1. The molecule has 0 radical (unpaired) electrons. The van der Waals surface area contributed by atoms with E-state index in [4.69, 9.17) is 0 Å². The molecule has 0 aromatic heterocycles. The fourth-order valence-corrected chi connectivity index (χ4v) is 6.12. The highest BCUT2D eigenvalue weighted by atomic mass is 32.2. The van der Waals surface area contributed by atoms with E-state index in [1.165, 1.54) is 12.1 Å². The zero-order valence-corrected chi connectivity index (χ0v) is 16.8. The number of aryl methyl sites for hydroxylation is 3. The van der Waals surface area contributed by atoms with Gasteiger partial charge in [0, 0.05) is 12.1 Å². The Bertz CT molecular complexity index is 1100. The average molecular weight is 409 g/mol. The molecule has 1 aliphatic heterocycles. The molecule has 0 spiro atoms. The summed E-state index contributed by atoms with van der Waals surface area (Å²) in [7, 11) is -7.58. The van der Waals surface area contributed by atoms with Gasteiger partial charge in [0.25, 0.3) is 10.0 Å². The number of nitrogens with one attached hydrogen (secondary N) is 1. The predicted octanol–water partition coefficient (Wildman–Crippen LogP) is 2.48. The molecule has 2 aromatic rings. The zero-order valence-electron chi connectivity index (χ0n) is 15.2. The summed E-state index contributed by atoms with van der Waals surface area (Å²) in [6.07, 6.45) is -0.0740. The minimum atomic E-state index is -3.87. The second-order valence-corrected chi connectivity index (χ2v) is 10.2. The monoisotopic (exact) mass is 408 g/mol. The predicted molar refractivity (Wildman–Crippen MR) is 104 cm³/mol. The van der Waals surface area contributed by atoms with Crippen LogP contribution in [0.2, 0.25) is 0 Å². The molecule has 0 bridgehead atoms. The van der Waals surface area contributed by atoms with E-state index >= 15 is 0 Å². The Morgan fingerprint density at radius 1 is 1.00 bits per heavy atom. The lowest BCUT2D eigenvalue weighted by Gasteiger charge is -2.19. The molecule has 0 atom stereocenters. The van der Waals surface area contributed by atoms with Crippen molar-refractivity contribution in [2.75, 3.05) is 14.8 Å². The largest absolute Gasteiger partial charge is 0.280 e. The van der Waals surface area contributed by atoms with Gasteiger partial charge in [-0.3, -0.25) is 9.52 Å². The van der Waals surface area contributed by atoms with Crippen LogP contribution in [0.3, 0.4) is 0 Å². The topological polar surface area (TPSA) is 101 Å². The van der Waals surface area contributed by atoms with Crippen LogP contribution in [0, 0.1) is 20.8 Å². The summed E-state index contributed by atoms with van der Waals surface area (Å²) in [5.74, 6) is -0.749. The molecule has 2 aromatic carbocycles. The Morgan fingerprint density at radius 2 is 1.56 bits per heavy atom. The van der Waals surface area contributed by atoms with Crippen molar-refractivity contribution < 1.29 is 21.6 Å². The minimum Gasteiger partial charge on any atom is -0.280 e. The highest BCUT2D eigenvalue weighted by Crippen LogP contribution is 2.32. The van der Waals surface area contributed by atoms with Gasteiger partial charge in [0.15, 0.2) is 0 Å². The van der Waals surface area contributed by atoms with Gasteiger partial charge < -0.3 is 0 Å². The molecule has 144 valence electrons. The number of amides is 1. The Labute approximate surface area is 159 Å². The first-order valence-electron chi connectivity index (χ1n) is 8.28. The zero-order chi connectivity index (χ0) is 20.0. The van der Waals surface area contributed by atoms with E-state index in [-0.39, 0.29) is 22.8 Å². The lowest BCUT2D eigenvalue weighted by Crippen LogP contribution is -2.29.